The zero-order chi connectivity index (χ0) is 17.4. The summed E-state index contributed by atoms with van der Waals surface area (Å²) in [6.07, 6.45) is 0.660. The van der Waals surface area contributed by atoms with Gasteiger partial charge in [-0.1, -0.05) is 35.9 Å². The Morgan fingerprint density at radius 3 is 2.67 bits per heavy atom. The van der Waals surface area contributed by atoms with E-state index in [0.717, 1.165) is 5.56 Å². The summed E-state index contributed by atoms with van der Waals surface area (Å²) in [6.45, 7) is 2.46. The Morgan fingerprint density at radius 2 is 1.92 bits per heavy atom. The van der Waals surface area contributed by atoms with Crippen LogP contribution in [0.3, 0.4) is 0 Å². The molecule has 2 N–H and O–H groups in total. The highest BCUT2D eigenvalue weighted by atomic mass is 35.5. The number of nitrogens with one attached hydrogen (secondary N) is 2. The Hall–Kier alpha value is -2.53. The predicted octanol–water partition coefficient (Wildman–Crippen LogP) is 3.88. The molecule has 0 aliphatic rings. The van der Waals surface area contributed by atoms with Gasteiger partial charge in [0, 0.05) is 11.6 Å². The third-order valence-electron chi connectivity index (χ3n) is 3.26. The van der Waals surface area contributed by atoms with E-state index in [-0.39, 0.29) is 12.6 Å². The number of anilines is 1. The molecule has 0 aromatic heterocycles. The number of carbonyl (C=O) groups is 2. The molecule has 0 aliphatic heterocycles. The van der Waals surface area contributed by atoms with Crippen molar-refractivity contribution in [1.29, 1.82) is 0 Å². The molecule has 0 saturated heterocycles. The van der Waals surface area contributed by atoms with Crippen molar-refractivity contribution < 1.29 is 14.3 Å². The zero-order valence-corrected chi connectivity index (χ0v) is 14.1. The molecule has 0 radical (unpaired) electrons. The number of urea groups is 1. The fourth-order valence-electron chi connectivity index (χ4n) is 2.16. The van der Waals surface area contributed by atoms with E-state index in [1.165, 1.54) is 0 Å². The maximum atomic E-state index is 12.0. The van der Waals surface area contributed by atoms with E-state index < -0.39 is 5.97 Å². The van der Waals surface area contributed by atoms with Gasteiger partial charge in [0.1, 0.15) is 0 Å². The molecule has 2 amide bonds. The van der Waals surface area contributed by atoms with E-state index in [0.29, 0.717) is 29.2 Å². The van der Waals surface area contributed by atoms with E-state index in [4.69, 9.17) is 16.3 Å². The minimum Gasteiger partial charge on any atom is -0.462 e. The van der Waals surface area contributed by atoms with Gasteiger partial charge >= 0.3 is 12.0 Å². The molecule has 2 rings (SSSR count). The van der Waals surface area contributed by atoms with Gasteiger partial charge in [0.15, 0.2) is 0 Å². The zero-order valence-electron chi connectivity index (χ0n) is 13.3. The summed E-state index contributed by atoms with van der Waals surface area (Å²) in [4.78, 5) is 23.9. The Morgan fingerprint density at radius 1 is 1.12 bits per heavy atom. The van der Waals surface area contributed by atoms with E-state index in [1.54, 1.807) is 37.3 Å². The molecule has 0 saturated carbocycles. The van der Waals surface area contributed by atoms with Crippen molar-refractivity contribution in [2.75, 3.05) is 18.5 Å². The first-order valence-electron chi connectivity index (χ1n) is 7.65. The molecule has 0 heterocycles. The fraction of sp³-hybridized carbons (Fsp3) is 0.222. The van der Waals surface area contributed by atoms with Gasteiger partial charge in [0.05, 0.1) is 17.9 Å². The van der Waals surface area contributed by atoms with Crippen molar-refractivity contribution in [1.82, 2.24) is 5.32 Å². The average molecular weight is 347 g/mol. The quantitative estimate of drug-likeness (QED) is 0.780. The lowest BCUT2D eigenvalue weighted by Crippen LogP contribution is -2.31. The number of para-hydroxylation sites is 1. The Balaban J connectivity index is 1.89. The summed E-state index contributed by atoms with van der Waals surface area (Å²) in [5.74, 6) is -0.465. The number of benzene rings is 2. The Kier molecular flexibility index (Phi) is 6.63. The molecule has 6 heteroatoms. The van der Waals surface area contributed by atoms with Crippen molar-refractivity contribution in [2.45, 2.75) is 13.3 Å². The van der Waals surface area contributed by atoms with Crippen LogP contribution in [-0.2, 0) is 11.2 Å². The lowest BCUT2D eigenvalue weighted by Gasteiger charge is -2.11. The second-order valence-electron chi connectivity index (χ2n) is 5.03. The minimum atomic E-state index is -0.465. The third kappa shape index (κ3) is 5.28. The number of halogens is 1. The summed E-state index contributed by atoms with van der Waals surface area (Å²) in [7, 11) is 0. The van der Waals surface area contributed by atoms with Crippen LogP contribution in [0.4, 0.5) is 10.5 Å². The molecule has 5 nitrogen and oxygen atoms in total. The lowest BCUT2D eigenvalue weighted by atomic mass is 10.1. The van der Waals surface area contributed by atoms with E-state index in [2.05, 4.69) is 10.6 Å². The van der Waals surface area contributed by atoms with Crippen LogP contribution in [0, 0.1) is 0 Å². The standard InChI is InChI=1S/C18H19ClN2O3/c1-2-24-17(22)15-8-3-4-9-16(15)21-18(23)20-11-10-13-6-5-7-14(19)12-13/h3-9,12H,2,10-11H2,1H3,(H2,20,21,23). The van der Waals surface area contributed by atoms with Gasteiger partial charge in [-0.2, -0.15) is 0 Å². The minimum absolute atomic E-state index is 0.277. The average Bonchev–Trinajstić information content (AvgIpc) is 2.55. The van der Waals surface area contributed by atoms with Crippen molar-refractivity contribution in [3.63, 3.8) is 0 Å². The summed E-state index contributed by atoms with van der Waals surface area (Å²) in [5, 5.41) is 6.09. The van der Waals surface area contributed by atoms with Crippen LogP contribution in [-0.4, -0.2) is 25.2 Å². The molecule has 0 fully saturated rings. The SMILES string of the molecule is CCOC(=O)c1ccccc1NC(=O)NCCc1cccc(Cl)c1. The van der Waals surface area contributed by atoms with Crippen molar-refractivity contribution in [3.8, 4) is 0 Å². The predicted molar refractivity (Wildman–Crippen MR) is 94.6 cm³/mol. The number of amides is 2. The number of hydrogen-bond acceptors (Lipinski definition) is 3. The lowest BCUT2D eigenvalue weighted by molar-refractivity contribution is 0.0527. The van der Waals surface area contributed by atoms with Gasteiger partial charge in [-0.15, -0.1) is 0 Å². The van der Waals surface area contributed by atoms with Gasteiger partial charge in [0.25, 0.3) is 0 Å². The second kappa shape index (κ2) is 8.93. The molecule has 0 atom stereocenters. The first kappa shape index (κ1) is 17.8. The second-order valence-corrected chi connectivity index (χ2v) is 5.46. The number of ether oxygens (including phenoxy) is 1. The molecule has 2 aromatic rings. The highest BCUT2D eigenvalue weighted by Gasteiger charge is 2.13. The monoisotopic (exact) mass is 346 g/mol. The first-order valence-corrected chi connectivity index (χ1v) is 8.03. The topological polar surface area (TPSA) is 67.4 Å². The summed E-state index contributed by atoms with van der Waals surface area (Å²) in [5.41, 5.74) is 1.77. The van der Waals surface area contributed by atoms with E-state index in [9.17, 15) is 9.59 Å². The van der Waals surface area contributed by atoms with Gasteiger partial charge in [-0.3, -0.25) is 0 Å². The van der Waals surface area contributed by atoms with Crippen molar-refractivity contribution in [3.05, 3.63) is 64.7 Å². The van der Waals surface area contributed by atoms with Gasteiger partial charge in [-0.05, 0) is 43.2 Å². The van der Waals surface area contributed by atoms with Crippen LogP contribution in [0.1, 0.15) is 22.8 Å². The fourth-order valence-corrected chi connectivity index (χ4v) is 2.37. The van der Waals surface area contributed by atoms with Crippen LogP contribution >= 0.6 is 11.6 Å². The molecular weight excluding hydrogens is 328 g/mol. The summed E-state index contributed by atoms with van der Waals surface area (Å²) in [6, 6.07) is 13.8. The maximum absolute atomic E-state index is 12.0. The molecule has 2 aromatic carbocycles. The molecule has 0 spiro atoms. The van der Waals surface area contributed by atoms with Crippen LogP contribution < -0.4 is 10.6 Å². The van der Waals surface area contributed by atoms with Gasteiger partial charge < -0.3 is 15.4 Å². The molecule has 0 unspecified atom stereocenters. The number of hydrogen-bond donors (Lipinski definition) is 2. The normalized spacial score (nSPS) is 10.1. The highest BCUT2D eigenvalue weighted by molar-refractivity contribution is 6.30. The summed E-state index contributed by atoms with van der Waals surface area (Å²) >= 11 is 5.92. The van der Waals surface area contributed by atoms with Crippen LogP contribution in [0.25, 0.3) is 0 Å². The molecule has 126 valence electrons. The van der Waals surface area contributed by atoms with Gasteiger partial charge in [-0.25, -0.2) is 9.59 Å². The van der Waals surface area contributed by atoms with Crippen LogP contribution in [0.5, 0.6) is 0 Å². The molecule has 0 bridgehead atoms. The first-order chi connectivity index (χ1) is 11.6. The van der Waals surface area contributed by atoms with Crippen molar-refractivity contribution >= 4 is 29.3 Å². The number of esters is 1. The van der Waals surface area contributed by atoms with Crippen molar-refractivity contribution in [2.24, 2.45) is 0 Å². The smallest absolute Gasteiger partial charge is 0.340 e. The van der Waals surface area contributed by atoms with E-state index in [1.807, 2.05) is 18.2 Å². The molecule has 0 aliphatic carbocycles. The van der Waals surface area contributed by atoms with Crippen LogP contribution in [0.2, 0.25) is 5.02 Å². The molecule has 24 heavy (non-hydrogen) atoms. The largest absolute Gasteiger partial charge is 0.462 e. The van der Waals surface area contributed by atoms with Gasteiger partial charge in [0.2, 0.25) is 0 Å². The summed E-state index contributed by atoms with van der Waals surface area (Å²) < 4.78 is 4.98. The highest BCUT2D eigenvalue weighted by Crippen LogP contribution is 2.16. The number of carbonyl (C=O) groups excluding carboxylic acids is 2. The number of rotatable bonds is 6. The van der Waals surface area contributed by atoms with Crippen LogP contribution in [0.15, 0.2) is 48.5 Å². The third-order valence-corrected chi connectivity index (χ3v) is 3.49. The van der Waals surface area contributed by atoms with E-state index >= 15 is 0 Å². The molecular formula is C18H19ClN2O3. The Bertz CT molecular complexity index is 719. The maximum Gasteiger partial charge on any atom is 0.340 e. The Labute approximate surface area is 146 Å².